The van der Waals surface area contributed by atoms with Gasteiger partial charge in [0.15, 0.2) is 0 Å². The zero-order valence-corrected chi connectivity index (χ0v) is 11.7. The lowest BCUT2D eigenvalue weighted by Gasteiger charge is -2.23. The maximum absolute atomic E-state index is 12.1. The van der Waals surface area contributed by atoms with E-state index >= 15 is 0 Å². The van der Waals surface area contributed by atoms with Gasteiger partial charge in [-0.15, -0.1) is 0 Å². The van der Waals surface area contributed by atoms with Gasteiger partial charge in [-0.3, -0.25) is 4.79 Å². The highest BCUT2D eigenvalue weighted by molar-refractivity contribution is 5.78. The Hall–Kier alpha value is -1.62. The molecule has 0 saturated carbocycles. The average Bonchev–Trinajstić information content (AvgIpc) is 2.64. The lowest BCUT2D eigenvalue weighted by Crippen LogP contribution is -2.40. The van der Waals surface area contributed by atoms with E-state index in [9.17, 15) is 4.79 Å². The van der Waals surface area contributed by atoms with E-state index in [1.165, 1.54) is 0 Å². The molecule has 0 unspecified atom stereocenters. The van der Waals surface area contributed by atoms with Gasteiger partial charge in [0, 0.05) is 32.4 Å². The molecule has 1 aromatic heterocycles. The zero-order valence-electron chi connectivity index (χ0n) is 11.7. The molecule has 0 atom stereocenters. The number of carbonyl (C=O) groups excluding carboxylic acids is 1. The summed E-state index contributed by atoms with van der Waals surface area (Å²) in [6, 6.07) is 5.95. The van der Waals surface area contributed by atoms with Crippen LogP contribution in [0.3, 0.4) is 0 Å². The van der Waals surface area contributed by atoms with Gasteiger partial charge in [-0.25, -0.2) is 4.98 Å². The van der Waals surface area contributed by atoms with Crippen LogP contribution < -0.4 is 4.90 Å². The predicted octanol–water partition coefficient (Wildman–Crippen LogP) is 0.682. The molecule has 1 saturated heterocycles. The minimum absolute atomic E-state index is 0.216. The molecular weight excluding hydrogens is 240 g/mol. The molecule has 0 N–H and O–H groups in total. The van der Waals surface area contributed by atoms with Crippen molar-refractivity contribution in [2.75, 3.05) is 51.7 Å². The van der Waals surface area contributed by atoms with E-state index in [2.05, 4.69) is 9.88 Å². The Labute approximate surface area is 114 Å². The van der Waals surface area contributed by atoms with Crippen molar-refractivity contribution >= 4 is 11.7 Å². The van der Waals surface area contributed by atoms with E-state index in [0.29, 0.717) is 6.54 Å². The first-order valence-corrected chi connectivity index (χ1v) is 6.75. The standard InChI is InChI=1S/C14H22N4O/c1-16(2)12-14(19)18-9-5-8-17(10-11-18)13-6-3-4-7-15-13/h3-4,6-7H,5,8-12H2,1-2H3. The fourth-order valence-electron chi connectivity index (χ4n) is 2.31. The van der Waals surface area contributed by atoms with Gasteiger partial charge in [-0.2, -0.15) is 0 Å². The van der Waals surface area contributed by atoms with E-state index < -0.39 is 0 Å². The number of rotatable bonds is 3. The van der Waals surface area contributed by atoms with Gasteiger partial charge in [-0.05, 0) is 32.6 Å². The Balaban J connectivity index is 1.93. The van der Waals surface area contributed by atoms with Crippen molar-refractivity contribution < 1.29 is 4.79 Å². The molecular formula is C14H22N4O. The highest BCUT2D eigenvalue weighted by Crippen LogP contribution is 2.12. The van der Waals surface area contributed by atoms with Crippen molar-refractivity contribution in [3.8, 4) is 0 Å². The van der Waals surface area contributed by atoms with Gasteiger partial charge in [0.05, 0.1) is 6.54 Å². The maximum Gasteiger partial charge on any atom is 0.236 e. The van der Waals surface area contributed by atoms with E-state index in [1.54, 1.807) is 0 Å². The topological polar surface area (TPSA) is 39.7 Å². The molecule has 19 heavy (non-hydrogen) atoms. The second kappa shape index (κ2) is 6.52. The molecule has 5 nitrogen and oxygen atoms in total. The molecule has 1 aliphatic rings. The van der Waals surface area contributed by atoms with E-state index in [0.717, 1.165) is 38.4 Å². The van der Waals surface area contributed by atoms with Gasteiger partial charge in [-0.1, -0.05) is 6.07 Å². The molecule has 0 aliphatic carbocycles. The quantitative estimate of drug-likeness (QED) is 0.803. The molecule has 0 spiro atoms. The number of pyridine rings is 1. The largest absolute Gasteiger partial charge is 0.355 e. The summed E-state index contributed by atoms with van der Waals surface area (Å²) in [6.45, 7) is 3.93. The van der Waals surface area contributed by atoms with Crippen LogP contribution in [0, 0.1) is 0 Å². The van der Waals surface area contributed by atoms with E-state index in [4.69, 9.17) is 0 Å². The normalized spacial score (nSPS) is 16.6. The van der Waals surface area contributed by atoms with Crippen LogP contribution in [0.2, 0.25) is 0 Å². The minimum atomic E-state index is 0.216. The van der Waals surface area contributed by atoms with Crippen LogP contribution in [-0.4, -0.2) is 67.5 Å². The van der Waals surface area contributed by atoms with Crippen molar-refractivity contribution in [3.63, 3.8) is 0 Å². The molecule has 1 aromatic rings. The number of amides is 1. The summed E-state index contributed by atoms with van der Waals surface area (Å²) in [7, 11) is 3.85. The SMILES string of the molecule is CN(C)CC(=O)N1CCCN(c2ccccn2)CC1. The van der Waals surface area contributed by atoms with E-state index in [1.807, 2.05) is 48.3 Å². The van der Waals surface area contributed by atoms with Crippen molar-refractivity contribution in [1.29, 1.82) is 0 Å². The molecule has 0 bridgehead atoms. The van der Waals surface area contributed by atoms with Gasteiger partial charge < -0.3 is 14.7 Å². The van der Waals surface area contributed by atoms with Crippen LogP contribution >= 0.6 is 0 Å². The first kappa shape index (κ1) is 13.8. The Kier molecular flexibility index (Phi) is 4.74. The lowest BCUT2D eigenvalue weighted by atomic mass is 10.3. The van der Waals surface area contributed by atoms with E-state index in [-0.39, 0.29) is 5.91 Å². The summed E-state index contributed by atoms with van der Waals surface area (Å²) in [4.78, 5) is 22.6. The zero-order chi connectivity index (χ0) is 13.7. The molecule has 1 aliphatic heterocycles. The monoisotopic (exact) mass is 262 g/mol. The molecule has 0 radical (unpaired) electrons. The van der Waals surface area contributed by atoms with Gasteiger partial charge in [0.1, 0.15) is 5.82 Å². The van der Waals surface area contributed by atoms with Crippen LogP contribution in [-0.2, 0) is 4.79 Å². The summed E-state index contributed by atoms with van der Waals surface area (Å²) in [5.74, 6) is 1.22. The number of likely N-dealkylation sites (N-methyl/N-ethyl adjacent to an activating group) is 1. The molecule has 0 aromatic carbocycles. The molecule has 2 heterocycles. The predicted molar refractivity (Wildman–Crippen MR) is 76.2 cm³/mol. The third-order valence-electron chi connectivity index (χ3n) is 3.27. The van der Waals surface area contributed by atoms with Crippen molar-refractivity contribution in [2.45, 2.75) is 6.42 Å². The first-order valence-electron chi connectivity index (χ1n) is 6.75. The van der Waals surface area contributed by atoms with Gasteiger partial charge in [0.25, 0.3) is 0 Å². The third kappa shape index (κ3) is 3.92. The van der Waals surface area contributed by atoms with Gasteiger partial charge >= 0.3 is 0 Å². The number of anilines is 1. The molecule has 1 amide bonds. The maximum atomic E-state index is 12.1. The Morgan fingerprint density at radius 1 is 1.26 bits per heavy atom. The fraction of sp³-hybridized carbons (Fsp3) is 0.571. The number of aromatic nitrogens is 1. The summed E-state index contributed by atoms with van der Waals surface area (Å²) in [5, 5.41) is 0. The Morgan fingerprint density at radius 2 is 2.11 bits per heavy atom. The average molecular weight is 262 g/mol. The molecule has 1 fully saturated rings. The third-order valence-corrected chi connectivity index (χ3v) is 3.27. The second-order valence-corrected chi connectivity index (χ2v) is 5.15. The minimum Gasteiger partial charge on any atom is -0.355 e. The van der Waals surface area contributed by atoms with Crippen LogP contribution in [0.1, 0.15) is 6.42 Å². The Morgan fingerprint density at radius 3 is 2.79 bits per heavy atom. The highest BCUT2D eigenvalue weighted by Gasteiger charge is 2.19. The summed E-state index contributed by atoms with van der Waals surface area (Å²) >= 11 is 0. The molecule has 2 rings (SSSR count). The number of hydrogen-bond donors (Lipinski definition) is 0. The number of nitrogens with zero attached hydrogens (tertiary/aromatic N) is 4. The second-order valence-electron chi connectivity index (χ2n) is 5.15. The van der Waals surface area contributed by atoms with Crippen molar-refractivity contribution in [2.24, 2.45) is 0 Å². The number of carbonyl (C=O) groups is 1. The summed E-state index contributed by atoms with van der Waals surface area (Å²) in [5.41, 5.74) is 0. The lowest BCUT2D eigenvalue weighted by molar-refractivity contribution is -0.131. The van der Waals surface area contributed by atoms with Crippen molar-refractivity contribution in [1.82, 2.24) is 14.8 Å². The summed E-state index contributed by atoms with van der Waals surface area (Å²) in [6.07, 6.45) is 2.81. The summed E-state index contributed by atoms with van der Waals surface area (Å²) < 4.78 is 0. The molecule has 5 heteroatoms. The van der Waals surface area contributed by atoms with Crippen LogP contribution in [0.25, 0.3) is 0 Å². The smallest absolute Gasteiger partial charge is 0.236 e. The fourth-order valence-corrected chi connectivity index (χ4v) is 2.31. The molecule has 104 valence electrons. The first-order chi connectivity index (χ1) is 9.16. The van der Waals surface area contributed by atoms with Crippen LogP contribution in [0.5, 0.6) is 0 Å². The van der Waals surface area contributed by atoms with Gasteiger partial charge in [0.2, 0.25) is 5.91 Å². The van der Waals surface area contributed by atoms with Crippen LogP contribution in [0.15, 0.2) is 24.4 Å². The Bertz CT molecular complexity index is 407. The number of hydrogen-bond acceptors (Lipinski definition) is 4. The highest BCUT2D eigenvalue weighted by atomic mass is 16.2. The van der Waals surface area contributed by atoms with Crippen molar-refractivity contribution in [3.05, 3.63) is 24.4 Å². The van der Waals surface area contributed by atoms with Crippen LogP contribution in [0.4, 0.5) is 5.82 Å².